The van der Waals surface area contributed by atoms with Gasteiger partial charge in [-0.25, -0.2) is 0 Å². The van der Waals surface area contributed by atoms with Crippen LogP contribution in [0.3, 0.4) is 0 Å². The molecule has 0 atom stereocenters. The van der Waals surface area contributed by atoms with Gasteiger partial charge >= 0.3 is 0 Å². The SMILES string of the molecule is CCCCCOc1ccc(-c2ccc(-c3ccc(OCCCCC)c(OC)c3)cc2)cc1. The van der Waals surface area contributed by atoms with Gasteiger partial charge in [0.2, 0.25) is 0 Å². The van der Waals surface area contributed by atoms with E-state index in [2.05, 4.69) is 74.5 Å². The Morgan fingerprint density at radius 2 is 1.03 bits per heavy atom. The van der Waals surface area contributed by atoms with Crippen molar-refractivity contribution in [1.29, 1.82) is 0 Å². The Hall–Kier alpha value is -2.94. The molecule has 0 aliphatic rings. The molecule has 3 aromatic carbocycles. The maximum Gasteiger partial charge on any atom is 0.161 e. The summed E-state index contributed by atoms with van der Waals surface area (Å²) >= 11 is 0. The van der Waals surface area contributed by atoms with Crippen LogP contribution in [0.1, 0.15) is 52.4 Å². The second-order valence-corrected chi connectivity index (χ2v) is 8.08. The Morgan fingerprint density at radius 1 is 0.531 bits per heavy atom. The molecular formula is C29H36O3. The molecule has 0 aromatic heterocycles. The van der Waals surface area contributed by atoms with Crippen LogP contribution in [0, 0.1) is 0 Å². The zero-order valence-electron chi connectivity index (χ0n) is 19.7. The van der Waals surface area contributed by atoms with Crippen LogP contribution < -0.4 is 14.2 Å². The van der Waals surface area contributed by atoms with E-state index < -0.39 is 0 Å². The van der Waals surface area contributed by atoms with Gasteiger partial charge in [0, 0.05) is 0 Å². The summed E-state index contributed by atoms with van der Waals surface area (Å²) in [6.45, 7) is 5.91. The van der Waals surface area contributed by atoms with Crippen LogP contribution in [0.5, 0.6) is 17.2 Å². The van der Waals surface area contributed by atoms with Crippen LogP contribution in [0.2, 0.25) is 0 Å². The molecule has 0 unspecified atom stereocenters. The van der Waals surface area contributed by atoms with Crippen molar-refractivity contribution in [3.05, 3.63) is 66.7 Å². The summed E-state index contributed by atoms with van der Waals surface area (Å²) in [6.07, 6.45) is 6.96. The number of methoxy groups -OCH3 is 1. The first-order chi connectivity index (χ1) is 15.7. The minimum absolute atomic E-state index is 0.723. The molecule has 0 amide bonds. The summed E-state index contributed by atoms with van der Waals surface area (Å²) in [6, 6.07) is 23.1. The quantitative estimate of drug-likeness (QED) is 0.255. The first-order valence-electron chi connectivity index (χ1n) is 11.9. The number of ether oxygens (including phenoxy) is 3. The lowest BCUT2D eigenvalue weighted by Gasteiger charge is -2.13. The van der Waals surface area contributed by atoms with Gasteiger partial charge in [0.05, 0.1) is 20.3 Å². The van der Waals surface area contributed by atoms with Crippen LogP contribution in [-0.2, 0) is 0 Å². The highest BCUT2D eigenvalue weighted by Crippen LogP contribution is 2.33. The third-order valence-electron chi connectivity index (χ3n) is 5.59. The van der Waals surface area contributed by atoms with E-state index in [0.717, 1.165) is 54.4 Å². The number of hydrogen-bond donors (Lipinski definition) is 0. The molecule has 0 N–H and O–H groups in total. The maximum atomic E-state index is 5.91. The van der Waals surface area contributed by atoms with Gasteiger partial charge in [0.25, 0.3) is 0 Å². The first kappa shape index (κ1) is 23.7. The predicted octanol–water partition coefficient (Wildman–Crippen LogP) is 8.17. The highest BCUT2D eigenvalue weighted by Gasteiger charge is 2.08. The average molecular weight is 433 g/mol. The van der Waals surface area contributed by atoms with Gasteiger partial charge in [0.15, 0.2) is 11.5 Å². The minimum atomic E-state index is 0.723. The summed E-state index contributed by atoms with van der Waals surface area (Å²) in [5.74, 6) is 2.52. The van der Waals surface area contributed by atoms with Gasteiger partial charge in [-0.05, 0) is 59.4 Å². The van der Waals surface area contributed by atoms with Gasteiger partial charge in [-0.15, -0.1) is 0 Å². The van der Waals surface area contributed by atoms with Gasteiger partial charge in [0.1, 0.15) is 5.75 Å². The minimum Gasteiger partial charge on any atom is -0.494 e. The Balaban J connectivity index is 1.64. The van der Waals surface area contributed by atoms with Crippen LogP contribution in [-0.4, -0.2) is 20.3 Å². The molecule has 3 aromatic rings. The Bertz CT molecular complexity index is 930. The smallest absolute Gasteiger partial charge is 0.161 e. The van der Waals surface area contributed by atoms with E-state index >= 15 is 0 Å². The molecular weight excluding hydrogens is 396 g/mol. The molecule has 0 radical (unpaired) electrons. The number of unbranched alkanes of at least 4 members (excludes halogenated alkanes) is 4. The van der Waals surface area contributed by atoms with Crippen LogP contribution in [0.4, 0.5) is 0 Å². The number of rotatable bonds is 13. The van der Waals surface area contributed by atoms with Crippen LogP contribution in [0.25, 0.3) is 22.3 Å². The molecule has 0 aliphatic carbocycles. The summed E-state index contributed by atoms with van der Waals surface area (Å²) in [4.78, 5) is 0. The maximum absolute atomic E-state index is 5.91. The zero-order valence-corrected chi connectivity index (χ0v) is 19.7. The third kappa shape index (κ3) is 6.78. The summed E-state index contributed by atoms with van der Waals surface area (Å²) in [5, 5.41) is 0. The lowest BCUT2D eigenvalue weighted by atomic mass is 10.00. The molecule has 0 saturated carbocycles. The Morgan fingerprint density at radius 3 is 1.59 bits per heavy atom. The molecule has 32 heavy (non-hydrogen) atoms. The largest absolute Gasteiger partial charge is 0.494 e. The van der Waals surface area contributed by atoms with E-state index in [1.165, 1.54) is 36.8 Å². The van der Waals surface area contributed by atoms with Crippen molar-refractivity contribution in [1.82, 2.24) is 0 Å². The number of benzene rings is 3. The van der Waals surface area contributed by atoms with Crippen LogP contribution >= 0.6 is 0 Å². The zero-order chi connectivity index (χ0) is 22.6. The molecule has 3 heteroatoms. The molecule has 3 rings (SSSR count). The Kier molecular flexibility index (Phi) is 9.49. The fraction of sp³-hybridized carbons (Fsp3) is 0.379. The predicted molar refractivity (Wildman–Crippen MR) is 134 cm³/mol. The first-order valence-corrected chi connectivity index (χ1v) is 11.9. The van der Waals surface area contributed by atoms with Crippen molar-refractivity contribution in [3.8, 4) is 39.5 Å². The van der Waals surface area contributed by atoms with E-state index in [1.807, 2.05) is 6.07 Å². The van der Waals surface area contributed by atoms with Gasteiger partial charge in [-0.2, -0.15) is 0 Å². The van der Waals surface area contributed by atoms with Crippen LogP contribution in [0.15, 0.2) is 66.7 Å². The van der Waals surface area contributed by atoms with E-state index in [0.29, 0.717) is 0 Å². The normalized spacial score (nSPS) is 10.7. The van der Waals surface area contributed by atoms with Crippen molar-refractivity contribution in [2.24, 2.45) is 0 Å². The second-order valence-electron chi connectivity index (χ2n) is 8.08. The highest BCUT2D eigenvalue weighted by molar-refractivity contribution is 5.72. The summed E-state index contributed by atoms with van der Waals surface area (Å²) in [7, 11) is 1.69. The monoisotopic (exact) mass is 432 g/mol. The molecule has 0 bridgehead atoms. The molecule has 0 heterocycles. The summed E-state index contributed by atoms with van der Waals surface area (Å²) in [5.41, 5.74) is 4.64. The van der Waals surface area contributed by atoms with E-state index in [1.54, 1.807) is 7.11 Å². The molecule has 0 fully saturated rings. The third-order valence-corrected chi connectivity index (χ3v) is 5.59. The van der Waals surface area contributed by atoms with Crippen molar-refractivity contribution in [3.63, 3.8) is 0 Å². The van der Waals surface area contributed by atoms with Crippen molar-refractivity contribution < 1.29 is 14.2 Å². The van der Waals surface area contributed by atoms with Gasteiger partial charge < -0.3 is 14.2 Å². The molecule has 0 spiro atoms. The van der Waals surface area contributed by atoms with E-state index in [9.17, 15) is 0 Å². The fourth-order valence-electron chi connectivity index (χ4n) is 3.64. The molecule has 0 saturated heterocycles. The molecule has 170 valence electrons. The lowest BCUT2D eigenvalue weighted by molar-refractivity contribution is 0.286. The van der Waals surface area contributed by atoms with Gasteiger partial charge in [-0.3, -0.25) is 0 Å². The second kappa shape index (κ2) is 12.8. The average Bonchev–Trinajstić information content (AvgIpc) is 2.85. The summed E-state index contributed by atoms with van der Waals surface area (Å²) < 4.78 is 17.3. The molecule has 3 nitrogen and oxygen atoms in total. The van der Waals surface area contributed by atoms with E-state index in [-0.39, 0.29) is 0 Å². The fourth-order valence-corrected chi connectivity index (χ4v) is 3.64. The highest BCUT2D eigenvalue weighted by atomic mass is 16.5. The van der Waals surface area contributed by atoms with Crippen molar-refractivity contribution in [2.45, 2.75) is 52.4 Å². The topological polar surface area (TPSA) is 27.7 Å². The lowest BCUT2D eigenvalue weighted by Crippen LogP contribution is -1.99. The van der Waals surface area contributed by atoms with Crippen molar-refractivity contribution in [2.75, 3.05) is 20.3 Å². The Labute approximate surface area is 193 Å². The molecule has 0 aliphatic heterocycles. The number of hydrogen-bond acceptors (Lipinski definition) is 3. The standard InChI is InChI=1S/C29H36O3/c1-4-6-8-20-31-27-17-14-24(15-18-27)23-10-12-25(13-11-23)26-16-19-28(29(22-26)30-3)32-21-9-7-5-2/h10-19,22H,4-9,20-21H2,1-3H3. The van der Waals surface area contributed by atoms with E-state index in [4.69, 9.17) is 14.2 Å². The van der Waals surface area contributed by atoms with Crippen molar-refractivity contribution >= 4 is 0 Å². The van der Waals surface area contributed by atoms with Gasteiger partial charge in [-0.1, -0.05) is 82.0 Å².